The van der Waals surface area contributed by atoms with Gasteiger partial charge in [0, 0.05) is 24.3 Å². The molecule has 102 valence electrons. The Morgan fingerprint density at radius 3 is 2.05 bits per heavy atom. The van der Waals surface area contributed by atoms with Gasteiger partial charge in [-0.3, -0.25) is 0 Å². The molecular weight excluding hydrogens is 416 g/mol. The standard InChI is InChI=1S/C16H12Br2S2/c1-9-3-5-19-15(9)12-7-10(2)11(8-14(12)18)16-13(17)4-6-20-16/h3-8H,1-2H3. The lowest BCUT2D eigenvalue weighted by molar-refractivity contribution is 1.44. The van der Waals surface area contributed by atoms with E-state index >= 15 is 0 Å². The van der Waals surface area contributed by atoms with Crippen LogP contribution >= 0.6 is 54.5 Å². The third kappa shape index (κ3) is 2.54. The Kier molecular flexibility index (Phi) is 4.18. The van der Waals surface area contributed by atoms with Gasteiger partial charge in [0.25, 0.3) is 0 Å². The maximum absolute atomic E-state index is 3.74. The van der Waals surface area contributed by atoms with Crippen molar-refractivity contribution < 1.29 is 0 Å². The maximum atomic E-state index is 3.74. The monoisotopic (exact) mass is 426 g/mol. The van der Waals surface area contributed by atoms with Crippen molar-refractivity contribution in [2.45, 2.75) is 13.8 Å². The van der Waals surface area contributed by atoms with Crippen molar-refractivity contribution in [2.24, 2.45) is 0 Å². The molecule has 0 saturated carbocycles. The lowest BCUT2D eigenvalue weighted by Gasteiger charge is -2.11. The molecule has 2 heterocycles. The van der Waals surface area contributed by atoms with E-state index in [4.69, 9.17) is 0 Å². The van der Waals surface area contributed by atoms with E-state index in [1.807, 2.05) is 0 Å². The molecule has 2 aromatic heterocycles. The van der Waals surface area contributed by atoms with Gasteiger partial charge in [-0.05, 0) is 81.5 Å². The Morgan fingerprint density at radius 2 is 1.45 bits per heavy atom. The maximum Gasteiger partial charge on any atom is 0.0487 e. The Bertz CT molecular complexity index is 703. The van der Waals surface area contributed by atoms with Gasteiger partial charge < -0.3 is 0 Å². The van der Waals surface area contributed by atoms with Crippen LogP contribution in [0.3, 0.4) is 0 Å². The number of aryl methyl sites for hydroxylation is 2. The van der Waals surface area contributed by atoms with Crippen molar-refractivity contribution in [3.05, 3.63) is 55.1 Å². The predicted molar refractivity (Wildman–Crippen MR) is 97.9 cm³/mol. The van der Waals surface area contributed by atoms with E-state index < -0.39 is 0 Å². The summed E-state index contributed by atoms with van der Waals surface area (Å²) >= 11 is 10.9. The molecule has 4 heteroatoms. The second kappa shape index (κ2) is 5.76. The second-order valence-corrected chi connectivity index (χ2v) is 8.22. The first-order chi connectivity index (χ1) is 9.58. The van der Waals surface area contributed by atoms with E-state index in [2.05, 4.69) is 80.7 Å². The molecule has 0 radical (unpaired) electrons. The van der Waals surface area contributed by atoms with Crippen LogP contribution < -0.4 is 0 Å². The lowest BCUT2D eigenvalue weighted by Crippen LogP contribution is -1.86. The zero-order valence-corrected chi connectivity index (χ0v) is 15.8. The largest absolute Gasteiger partial charge is 0.144 e. The number of halogens is 2. The number of hydrogen-bond donors (Lipinski definition) is 0. The summed E-state index contributed by atoms with van der Waals surface area (Å²) in [6.45, 7) is 4.34. The number of thiophene rings is 2. The first-order valence-corrected chi connectivity index (χ1v) is 9.50. The lowest BCUT2D eigenvalue weighted by atomic mass is 10.0. The van der Waals surface area contributed by atoms with Gasteiger partial charge in [0.15, 0.2) is 0 Å². The highest BCUT2D eigenvalue weighted by atomic mass is 79.9. The summed E-state index contributed by atoms with van der Waals surface area (Å²) in [5.74, 6) is 0. The Hall–Kier alpha value is -0.420. The average molecular weight is 428 g/mol. The minimum Gasteiger partial charge on any atom is -0.144 e. The number of benzene rings is 1. The number of hydrogen-bond acceptors (Lipinski definition) is 2. The third-order valence-corrected chi connectivity index (χ3v) is 6.86. The SMILES string of the molecule is Cc1cc(-c2sccc2C)c(Br)cc1-c1sccc1Br. The van der Waals surface area contributed by atoms with Gasteiger partial charge in [-0.1, -0.05) is 15.9 Å². The molecular formula is C16H12Br2S2. The summed E-state index contributed by atoms with van der Waals surface area (Å²) in [6, 6.07) is 8.79. The zero-order valence-electron chi connectivity index (χ0n) is 11.0. The minimum atomic E-state index is 1.16. The van der Waals surface area contributed by atoms with Gasteiger partial charge in [0.05, 0.1) is 0 Å². The molecule has 0 aliphatic heterocycles. The van der Waals surface area contributed by atoms with Gasteiger partial charge in [0.2, 0.25) is 0 Å². The molecule has 3 aromatic rings. The Labute approximate surface area is 143 Å². The highest BCUT2D eigenvalue weighted by molar-refractivity contribution is 9.11. The average Bonchev–Trinajstić information content (AvgIpc) is 3.01. The quantitative estimate of drug-likeness (QED) is 0.402. The minimum absolute atomic E-state index is 1.16. The van der Waals surface area contributed by atoms with E-state index in [0.717, 1.165) is 8.95 Å². The fraction of sp³-hybridized carbons (Fsp3) is 0.125. The molecule has 1 aromatic carbocycles. The van der Waals surface area contributed by atoms with E-state index in [0.29, 0.717) is 0 Å². The summed E-state index contributed by atoms with van der Waals surface area (Å²) < 4.78 is 2.32. The zero-order chi connectivity index (χ0) is 14.3. The van der Waals surface area contributed by atoms with Crippen molar-refractivity contribution in [1.82, 2.24) is 0 Å². The van der Waals surface area contributed by atoms with Crippen LogP contribution in [0.5, 0.6) is 0 Å². The first-order valence-electron chi connectivity index (χ1n) is 6.16. The van der Waals surface area contributed by atoms with Crippen molar-refractivity contribution in [3.8, 4) is 20.9 Å². The van der Waals surface area contributed by atoms with Gasteiger partial charge in [-0.2, -0.15) is 0 Å². The van der Waals surface area contributed by atoms with Crippen LogP contribution in [-0.4, -0.2) is 0 Å². The van der Waals surface area contributed by atoms with Crippen LogP contribution in [0.2, 0.25) is 0 Å². The second-order valence-electron chi connectivity index (χ2n) is 4.68. The molecule has 20 heavy (non-hydrogen) atoms. The van der Waals surface area contributed by atoms with E-state index in [1.54, 1.807) is 22.7 Å². The molecule has 0 spiro atoms. The fourth-order valence-corrected chi connectivity index (χ4v) is 5.53. The molecule has 0 atom stereocenters. The van der Waals surface area contributed by atoms with Gasteiger partial charge >= 0.3 is 0 Å². The first kappa shape index (κ1) is 14.5. The summed E-state index contributed by atoms with van der Waals surface area (Å²) in [6.07, 6.45) is 0. The Balaban J connectivity index is 2.17. The highest BCUT2D eigenvalue weighted by Crippen LogP contribution is 2.41. The third-order valence-electron chi connectivity index (χ3n) is 3.28. The molecule has 0 aliphatic rings. The van der Waals surface area contributed by atoms with Crippen LogP contribution in [0.25, 0.3) is 20.9 Å². The highest BCUT2D eigenvalue weighted by Gasteiger charge is 2.14. The van der Waals surface area contributed by atoms with Crippen molar-refractivity contribution in [2.75, 3.05) is 0 Å². The van der Waals surface area contributed by atoms with Gasteiger partial charge in [-0.25, -0.2) is 0 Å². The molecule has 0 nitrogen and oxygen atoms in total. The summed E-state index contributed by atoms with van der Waals surface area (Å²) in [4.78, 5) is 2.63. The molecule has 0 N–H and O–H groups in total. The van der Waals surface area contributed by atoms with E-state index in [1.165, 1.54) is 32.0 Å². The summed E-state index contributed by atoms with van der Waals surface area (Å²) in [5.41, 5.74) is 5.21. The van der Waals surface area contributed by atoms with Crippen LogP contribution in [0.4, 0.5) is 0 Å². The van der Waals surface area contributed by atoms with Crippen LogP contribution in [0.1, 0.15) is 11.1 Å². The fourth-order valence-electron chi connectivity index (χ4n) is 2.23. The van der Waals surface area contributed by atoms with Crippen molar-refractivity contribution in [3.63, 3.8) is 0 Å². The van der Waals surface area contributed by atoms with Crippen LogP contribution in [-0.2, 0) is 0 Å². The van der Waals surface area contributed by atoms with Gasteiger partial charge in [0.1, 0.15) is 0 Å². The summed E-state index contributed by atoms with van der Waals surface area (Å²) in [7, 11) is 0. The molecule has 0 fully saturated rings. The molecule has 0 bridgehead atoms. The Morgan fingerprint density at radius 1 is 0.750 bits per heavy atom. The normalized spacial score (nSPS) is 11.0. The topological polar surface area (TPSA) is 0 Å². The molecule has 3 rings (SSSR count). The molecule has 0 saturated heterocycles. The van der Waals surface area contributed by atoms with Crippen LogP contribution in [0, 0.1) is 13.8 Å². The number of rotatable bonds is 2. The van der Waals surface area contributed by atoms with Crippen molar-refractivity contribution >= 4 is 54.5 Å². The predicted octanol–water partition coefficient (Wildman–Crippen LogP) is 7.29. The smallest absolute Gasteiger partial charge is 0.0487 e. The van der Waals surface area contributed by atoms with E-state index in [-0.39, 0.29) is 0 Å². The molecule has 0 aliphatic carbocycles. The van der Waals surface area contributed by atoms with Gasteiger partial charge in [-0.15, -0.1) is 22.7 Å². The molecule has 0 unspecified atom stereocenters. The summed E-state index contributed by atoms with van der Waals surface area (Å²) in [5, 5.41) is 4.26. The van der Waals surface area contributed by atoms with E-state index in [9.17, 15) is 0 Å². The molecule has 0 amide bonds. The van der Waals surface area contributed by atoms with Crippen LogP contribution in [0.15, 0.2) is 44.0 Å². The van der Waals surface area contributed by atoms with Crippen molar-refractivity contribution in [1.29, 1.82) is 0 Å².